The standard InChI is InChI=1S/C20H26N4O5/c1-12-10-14(13-4-9-28-11-13)29-17(26)15(12)16(25)24-7-5-20(6-8-24)18(27)21-19(22-20)23(2)3/h10,13H,4-9,11H2,1-3H3,(H,21,22,27). The summed E-state index contributed by atoms with van der Waals surface area (Å²) in [5, 5.41) is 2.80. The van der Waals surface area contributed by atoms with E-state index < -0.39 is 11.2 Å². The molecule has 1 atom stereocenters. The van der Waals surface area contributed by atoms with Gasteiger partial charge >= 0.3 is 5.63 Å². The van der Waals surface area contributed by atoms with Crippen LogP contribution in [0.25, 0.3) is 0 Å². The van der Waals surface area contributed by atoms with Crippen molar-refractivity contribution in [2.45, 2.75) is 37.6 Å². The van der Waals surface area contributed by atoms with E-state index in [9.17, 15) is 14.4 Å². The van der Waals surface area contributed by atoms with Crippen molar-refractivity contribution in [2.75, 3.05) is 40.4 Å². The fourth-order valence-corrected chi connectivity index (χ4v) is 4.14. The topological polar surface area (TPSA) is 104 Å². The molecule has 1 unspecified atom stereocenters. The molecule has 1 N–H and O–H groups in total. The van der Waals surface area contributed by atoms with E-state index in [4.69, 9.17) is 9.15 Å². The number of guanidine groups is 1. The van der Waals surface area contributed by atoms with E-state index in [-0.39, 0.29) is 23.3 Å². The molecule has 0 radical (unpaired) electrons. The summed E-state index contributed by atoms with van der Waals surface area (Å²) in [5.41, 5.74) is -0.761. The predicted molar refractivity (Wildman–Crippen MR) is 105 cm³/mol. The highest BCUT2D eigenvalue weighted by Crippen LogP contribution is 2.31. The first-order valence-electron chi connectivity index (χ1n) is 9.91. The van der Waals surface area contributed by atoms with E-state index in [1.165, 1.54) is 0 Å². The molecule has 1 aromatic rings. The molecule has 0 bridgehead atoms. The summed E-state index contributed by atoms with van der Waals surface area (Å²) in [6.07, 6.45) is 1.65. The number of hydrogen-bond donors (Lipinski definition) is 1. The fraction of sp³-hybridized carbons (Fsp3) is 0.600. The molecule has 1 spiro atoms. The number of aryl methyl sites for hydroxylation is 1. The summed E-state index contributed by atoms with van der Waals surface area (Å²) in [6, 6.07) is 1.78. The quantitative estimate of drug-likeness (QED) is 0.771. The van der Waals surface area contributed by atoms with Crippen LogP contribution in [0, 0.1) is 6.92 Å². The SMILES string of the molecule is Cc1cc(C2CCOC2)oc(=O)c1C(=O)N1CCC2(CC1)N=C(N(C)C)NC2=O. The minimum atomic E-state index is -0.831. The number of nitrogens with one attached hydrogen (secondary N) is 1. The molecule has 3 aliphatic heterocycles. The average Bonchev–Trinajstić information content (AvgIpc) is 3.31. The van der Waals surface area contributed by atoms with Gasteiger partial charge in [-0.25, -0.2) is 9.79 Å². The number of carbonyl (C=O) groups excluding carboxylic acids is 2. The van der Waals surface area contributed by atoms with E-state index in [0.717, 1.165) is 6.42 Å². The molecular weight excluding hydrogens is 376 g/mol. The van der Waals surface area contributed by atoms with Crippen LogP contribution in [0.15, 0.2) is 20.3 Å². The van der Waals surface area contributed by atoms with Crippen LogP contribution in [0.2, 0.25) is 0 Å². The number of carbonyl (C=O) groups is 2. The number of hydrogen-bond acceptors (Lipinski definition) is 7. The monoisotopic (exact) mass is 402 g/mol. The van der Waals surface area contributed by atoms with E-state index in [0.29, 0.717) is 56.4 Å². The maximum absolute atomic E-state index is 13.0. The molecular formula is C20H26N4O5. The van der Waals surface area contributed by atoms with Crippen molar-refractivity contribution in [1.82, 2.24) is 15.1 Å². The molecule has 0 aromatic carbocycles. The first kappa shape index (κ1) is 19.6. The zero-order valence-corrected chi connectivity index (χ0v) is 17.0. The fourth-order valence-electron chi connectivity index (χ4n) is 4.14. The van der Waals surface area contributed by atoms with Gasteiger partial charge in [-0.05, 0) is 37.8 Å². The summed E-state index contributed by atoms with van der Waals surface area (Å²) in [7, 11) is 3.64. The van der Waals surface area contributed by atoms with Gasteiger partial charge in [0.2, 0.25) is 5.96 Å². The summed E-state index contributed by atoms with van der Waals surface area (Å²) >= 11 is 0. The lowest BCUT2D eigenvalue weighted by atomic mass is 9.87. The van der Waals surface area contributed by atoms with Gasteiger partial charge in [-0.1, -0.05) is 0 Å². The number of aliphatic imine (C=N–C) groups is 1. The Kier molecular flexibility index (Phi) is 4.94. The van der Waals surface area contributed by atoms with E-state index in [2.05, 4.69) is 10.3 Å². The van der Waals surface area contributed by atoms with Gasteiger partial charge < -0.3 is 19.0 Å². The van der Waals surface area contributed by atoms with Crippen LogP contribution < -0.4 is 10.9 Å². The Morgan fingerprint density at radius 3 is 2.59 bits per heavy atom. The Balaban J connectivity index is 1.50. The summed E-state index contributed by atoms with van der Waals surface area (Å²) < 4.78 is 10.8. The minimum Gasteiger partial charge on any atom is -0.427 e. The van der Waals surface area contributed by atoms with Crippen molar-refractivity contribution in [1.29, 1.82) is 0 Å². The second-order valence-corrected chi connectivity index (χ2v) is 8.16. The van der Waals surface area contributed by atoms with Crippen LogP contribution >= 0.6 is 0 Å². The van der Waals surface area contributed by atoms with Gasteiger partial charge in [0.1, 0.15) is 16.9 Å². The van der Waals surface area contributed by atoms with E-state index in [1.54, 1.807) is 22.8 Å². The van der Waals surface area contributed by atoms with Crippen molar-refractivity contribution in [3.05, 3.63) is 33.4 Å². The highest BCUT2D eigenvalue weighted by Gasteiger charge is 2.47. The van der Waals surface area contributed by atoms with Crippen molar-refractivity contribution in [3.63, 3.8) is 0 Å². The van der Waals surface area contributed by atoms with Gasteiger partial charge in [-0.2, -0.15) is 0 Å². The maximum atomic E-state index is 13.0. The van der Waals surface area contributed by atoms with Gasteiger partial charge in [0.15, 0.2) is 0 Å². The second kappa shape index (κ2) is 7.29. The van der Waals surface area contributed by atoms with E-state index in [1.807, 2.05) is 14.1 Å². The molecule has 3 aliphatic rings. The third-order valence-electron chi connectivity index (χ3n) is 5.98. The minimum absolute atomic E-state index is 0.0602. The molecule has 0 aliphatic carbocycles. The summed E-state index contributed by atoms with van der Waals surface area (Å²) in [4.78, 5) is 46.0. The normalized spacial score (nSPS) is 23.3. The number of likely N-dealkylation sites (tertiary alicyclic amines) is 1. The van der Waals surface area contributed by atoms with E-state index >= 15 is 0 Å². The van der Waals surface area contributed by atoms with Crippen molar-refractivity contribution in [3.8, 4) is 0 Å². The van der Waals surface area contributed by atoms with Crippen molar-refractivity contribution >= 4 is 17.8 Å². The van der Waals surface area contributed by atoms with Crippen LogP contribution in [-0.4, -0.2) is 73.5 Å². The van der Waals surface area contributed by atoms with Gasteiger partial charge in [0, 0.05) is 39.7 Å². The van der Waals surface area contributed by atoms with Crippen LogP contribution in [-0.2, 0) is 9.53 Å². The molecule has 1 aromatic heterocycles. The van der Waals surface area contributed by atoms with Crippen LogP contribution in [0.1, 0.15) is 46.9 Å². The molecule has 4 rings (SSSR count). The lowest BCUT2D eigenvalue weighted by Crippen LogP contribution is -2.51. The van der Waals surface area contributed by atoms with Gasteiger partial charge in [0.05, 0.1) is 6.61 Å². The Labute approximate surface area is 168 Å². The zero-order valence-electron chi connectivity index (χ0n) is 17.0. The lowest BCUT2D eigenvalue weighted by molar-refractivity contribution is -0.125. The molecule has 2 saturated heterocycles. The average molecular weight is 402 g/mol. The zero-order chi connectivity index (χ0) is 20.8. The Hall–Kier alpha value is -2.68. The molecule has 9 heteroatoms. The number of ether oxygens (including phenoxy) is 1. The molecule has 0 saturated carbocycles. The van der Waals surface area contributed by atoms with Gasteiger partial charge in [-0.15, -0.1) is 0 Å². The smallest absolute Gasteiger partial charge is 0.349 e. The first-order valence-corrected chi connectivity index (χ1v) is 9.91. The molecule has 156 valence electrons. The van der Waals surface area contributed by atoms with Crippen molar-refractivity contribution in [2.24, 2.45) is 4.99 Å². The second-order valence-electron chi connectivity index (χ2n) is 8.16. The maximum Gasteiger partial charge on any atom is 0.349 e. The highest BCUT2D eigenvalue weighted by atomic mass is 16.5. The Bertz CT molecular complexity index is 921. The predicted octanol–water partition coefficient (Wildman–Crippen LogP) is 0.474. The number of amides is 2. The molecule has 4 heterocycles. The number of rotatable bonds is 2. The van der Waals surface area contributed by atoms with Crippen LogP contribution in [0.3, 0.4) is 0 Å². The van der Waals surface area contributed by atoms with Gasteiger partial charge in [-0.3, -0.25) is 14.9 Å². The first-order chi connectivity index (χ1) is 13.8. The lowest BCUT2D eigenvalue weighted by Gasteiger charge is -2.35. The molecule has 2 fully saturated rings. The van der Waals surface area contributed by atoms with Crippen molar-refractivity contribution < 1.29 is 18.7 Å². The largest absolute Gasteiger partial charge is 0.427 e. The van der Waals surface area contributed by atoms with Crippen LogP contribution in [0.4, 0.5) is 0 Å². The van der Waals surface area contributed by atoms with Gasteiger partial charge in [0.25, 0.3) is 11.8 Å². The Morgan fingerprint density at radius 2 is 2.03 bits per heavy atom. The molecule has 2 amide bonds. The Morgan fingerprint density at radius 1 is 1.31 bits per heavy atom. The highest BCUT2D eigenvalue weighted by molar-refractivity contribution is 6.07. The number of piperidine rings is 1. The molecule has 9 nitrogen and oxygen atoms in total. The third-order valence-corrected chi connectivity index (χ3v) is 5.98. The summed E-state index contributed by atoms with van der Waals surface area (Å²) in [6.45, 7) is 3.64. The third kappa shape index (κ3) is 3.43. The number of nitrogens with zero attached hydrogens (tertiary/aromatic N) is 3. The van der Waals surface area contributed by atoms with Crippen LogP contribution in [0.5, 0.6) is 0 Å². The molecule has 29 heavy (non-hydrogen) atoms. The summed E-state index contributed by atoms with van der Waals surface area (Å²) in [5.74, 6) is 0.692.